The Bertz CT molecular complexity index is 994. The molecule has 3 aromatic rings. The van der Waals surface area contributed by atoms with E-state index in [0.717, 1.165) is 38.9 Å². The number of aryl methyl sites for hydroxylation is 2. The average Bonchev–Trinajstić information content (AvgIpc) is 3.03. The first-order valence-corrected chi connectivity index (χ1v) is 8.54. The van der Waals surface area contributed by atoms with Gasteiger partial charge < -0.3 is 24.3 Å². The lowest BCUT2D eigenvalue weighted by Crippen LogP contribution is -2.02. The molecule has 0 unspecified atom stereocenters. The molecule has 0 aliphatic carbocycles. The highest BCUT2D eigenvalue weighted by Crippen LogP contribution is 2.43. The number of aliphatic carboxylic acids is 1. The summed E-state index contributed by atoms with van der Waals surface area (Å²) in [5.74, 6) is 0.637. The van der Waals surface area contributed by atoms with Crippen LogP contribution in [0.25, 0.3) is 22.2 Å². The van der Waals surface area contributed by atoms with Gasteiger partial charge in [0.15, 0.2) is 11.5 Å². The van der Waals surface area contributed by atoms with Crippen LogP contribution in [0.3, 0.4) is 0 Å². The lowest BCUT2D eigenvalue weighted by Gasteiger charge is -2.14. The van der Waals surface area contributed by atoms with Crippen molar-refractivity contribution in [3.63, 3.8) is 0 Å². The number of H-pyrrole nitrogens is 1. The van der Waals surface area contributed by atoms with E-state index in [1.165, 1.54) is 0 Å². The van der Waals surface area contributed by atoms with E-state index in [4.69, 9.17) is 14.2 Å². The molecule has 1 heterocycles. The zero-order valence-corrected chi connectivity index (χ0v) is 16.1. The third kappa shape index (κ3) is 3.18. The van der Waals surface area contributed by atoms with Crippen molar-refractivity contribution in [1.82, 2.24) is 4.98 Å². The number of aromatic nitrogens is 1. The fourth-order valence-corrected chi connectivity index (χ4v) is 3.49. The third-order valence-electron chi connectivity index (χ3n) is 4.76. The summed E-state index contributed by atoms with van der Waals surface area (Å²) in [5, 5.41) is 10.4. The van der Waals surface area contributed by atoms with E-state index < -0.39 is 5.97 Å². The van der Waals surface area contributed by atoms with E-state index in [9.17, 15) is 9.90 Å². The van der Waals surface area contributed by atoms with Crippen molar-refractivity contribution in [3.8, 4) is 28.5 Å². The van der Waals surface area contributed by atoms with Gasteiger partial charge >= 0.3 is 5.97 Å². The van der Waals surface area contributed by atoms with E-state index in [1.54, 1.807) is 21.3 Å². The number of fused-ring (bicyclic) bond motifs is 1. The highest BCUT2D eigenvalue weighted by Gasteiger charge is 2.21. The predicted octanol–water partition coefficient (Wildman–Crippen LogP) is 4.10. The Hall–Kier alpha value is -3.15. The summed E-state index contributed by atoms with van der Waals surface area (Å²) in [6.07, 6.45) is -0.0870. The minimum atomic E-state index is -0.884. The van der Waals surface area contributed by atoms with Crippen LogP contribution in [0.2, 0.25) is 0 Å². The van der Waals surface area contributed by atoms with Gasteiger partial charge in [0, 0.05) is 16.5 Å². The van der Waals surface area contributed by atoms with Crippen LogP contribution < -0.4 is 14.2 Å². The molecule has 0 spiro atoms. The lowest BCUT2D eigenvalue weighted by molar-refractivity contribution is -0.136. The smallest absolute Gasteiger partial charge is 0.307 e. The number of hydrogen-bond donors (Lipinski definition) is 2. The zero-order valence-electron chi connectivity index (χ0n) is 16.1. The molecule has 0 bridgehead atoms. The van der Waals surface area contributed by atoms with Crippen molar-refractivity contribution in [1.29, 1.82) is 0 Å². The van der Waals surface area contributed by atoms with Gasteiger partial charge in [0.2, 0.25) is 5.75 Å². The van der Waals surface area contributed by atoms with Crippen molar-refractivity contribution in [3.05, 3.63) is 41.0 Å². The molecular formula is C21H23NO5. The van der Waals surface area contributed by atoms with Crippen LogP contribution in [0.1, 0.15) is 16.7 Å². The summed E-state index contributed by atoms with van der Waals surface area (Å²) < 4.78 is 16.3. The van der Waals surface area contributed by atoms with Crippen molar-refractivity contribution < 1.29 is 24.1 Å². The second kappa shape index (κ2) is 7.23. The van der Waals surface area contributed by atoms with Gasteiger partial charge in [-0.3, -0.25) is 4.79 Å². The number of ether oxygens (including phenoxy) is 3. The summed E-state index contributed by atoms with van der Waals surface area (Å²) in [4.78, 5) is 15.0. The van der Waals surface area contributed by atoms with Crippen molar-refractivity contribution in [2.45, 2.75) is 20.3 Å². The molecule has 0 aliphatic heterocycles. The molecular weight excluding hydrogens is 346 g/mol. The molecule has 0 fully saturated rings. The molecule has 6 heteroatoms. The maximum atomic E-state index is 11.6. The normalized spacial score (nSPS) is 10.9. The monoisotopic (exact) mass is 369 g/mol. The molecule has 6 nitrogen and oxygen atoms in total. The van der Waals surface area contributed by atoms with Crippen LogP contribution in [0.15, 0.2) is 24.3 Å². The minimum absolute atomic E-state index is 0.0870. The van der Waals surface area contributed by atoms with Gasteiger partial charge in [-0.2, -0.15) is 0 Å². The largest absolute Gasteiger partial charge is 0.493 e. The quantitative estimate of drug-likeness (QED) is 0.684. The molecule has 0 aliphatic rings. The number of carboxylic acids is 1. The number of rotatable bonds is 6. The van der Waals surface area contributed by atoms with E-state index in [0.29, 0.717) is 17.2 Å². The van der Waals surface area contributed by atoms with Gasteiger partial charge in [-0.05, 0) is 42.7 Å². The van der Waals surface area contributed by atoms with Gasteiger partial charge in [0.25, 0.3) is 0 Å². The molecule has 2 N–H and O–H groups in total. The maximum Gasteiger partial charge on any atom is 0.307 e. The lowest BCUT2D eigenvalue weighted by atomic mass is 9.98. The molecule has 0 radical (unpaired) electrons. The first kappa shape index (κ1) is 18.6. The van der Waals surface area contributed by atoms with Crippen LogP contribution in [0.4, 0.5) is 0 Å². The summed E-state index contributed by atoms with van der Waals surface area (Å²) in [5.41, 5.74) is 5.28. The third-order valence-corrected chi connectivity index (χ3v) is 4.76. The number of carbonyl (C=O) groups is 1. The van der Waals surface area contributed by atoms with Crippen molar-refractivity contribution in [2.75, 3.05) is 21.3 Å². The molecule has 0 saturated carbocycles. The molecule has 2 aromatic carbocycles. The van der Waals surface area contributed by atoms with Crippen LogP contribution in [-0.4, -0.2) is 37.4 Å². The van der Waals surface area contributed by atoms with Crippen LogP contribution in [-0.2, 0) is 11.2 Å². The average molecular weight is 369 g/mol. The van der Waals surface area contributed by atoms with Gasteiger partial charge in [0.1, 0.15) is 0 Å². The SMILES string of the molecule is COc1cc(-c2[nH]c3c(C)ccc(C)c3c2CC(=O)O)cc(OC)c1OC. The fraction of sp³-hybridized carbons (Fsp3) is 0.286. The van der Waals surface area contributed by atoms with E-state index >= 15 is 0 Å². The molecule has 0 atom stereocenters. The number of nitrogens with one attached hydrogen (secondary N) is 1. The van der Waals surface area contributed by atoms with Gasteiger partial charge in [-0.15, -0.1) is 0 Å². The van der Waals surface area contributed by atoms with Crippen LogP contribution in [0.5, 0.6) is 17.2 Å². The zero-order chi connectivity index (χ0) is 19.7. The molecule has 142 valence electrons. The van der Waals surface area contributed by atoms with Crippen LogP contribution >= 0.6 is 0 Å². The van der Waals surface area contributed by atoms with Crippen molar-refractivity contribution in [2.24, 2.45) is 0 Å². The van der Waals surface area contributed by atoms with Gasteiger partial charge in [0.05, 0.1) is 33.4 Å². The Kier molecular flexibility index (Phi) is 4.99. The molecule has 1 aromatic heterocycles. The Morgan fingerprint density at radius 2 is 1.59 bits per heavy atom. The number of carboxylic acid groups (broad SMARTS) is 1. The molecule has 27 heavy (non-hydrogen) atoms. The Balaban J connectivity index is 2.36. The number of benzene rings is 2. The molecule has 0 amide bonds. The first-order valence-electron chi connectivity index (χ1n) is 8.54. The van der Waals surface area contributed by atoms with E-state index in [-0.39, 0.29) is 6.42 Å². The van der Waals surface area contributed by atoms with E-state index in [1.807, 2.05) is 38.1 Å². The number of methoxy groups -OCH3 is 3. The Morgan fingerprint density at radius 1 is 1.00 bits per heavy atom. The Labute approximate surface area is 157 Å². The minimum Gasteiger partial charge on any atom is -0.493 e. The fourth-order valence-electron chi connectivity index (χ4n) is 3.49. The second-order valence-electron chi connectivity index (χ2n) is 6.41. The topological polar surface area (TPSA) is 80.8 Å². The molecule has 3 rings (SSSR count). The van der Waals surface area contributed by atoms with Crippen molar-refractivity contribution >= 4 is 16.9 Å². The molecule has 0 saturated heterocycles. The Morgan fingerprint density at radius 3 is 2.11 bits per heavy atom. The first-order chi connectivity index (χ1) is 12.9. The van der Waals surface area contributed by atoms with Gasteiger partial charge in [-0.25, -0.2) is 0 Å². The highest BCUT2D eigenvalue weighted by molar-refractivity contribution is 5.97. The van der Waals surface area contributed by atoms with E-state index in [2.05, 4.69) is 4.98 Å². The number of aromatic amines is 1. The highest BCUT2D eigenvalue weighted by atomic mass is 16.5. The second-order valence-corrected chi connectivity index (χ2v) is 6.41. The maximum absolute atomic E-state index is 11.6. The number of hydrogen-bond acceptors (Lipinski definition) is 4. The van der Waals surface area contributed by atoms with Gasteiger partial charge in [-0.1, -0.05) is 12.1 Å². The summed E-state index contributed by atoms with van der Waals surface area (Å²) in [6, 6.07) is 7.68. The summed E-state index contributed by atoms with van der Waals surface area (Å²) in [6.45, 7) is 3.99. The van der Waals surface area contributed by atoms with Crippen LogP contribution in [0, 0.1) is 13.8 Å². The predicted molar refractivity (Wildman–Crippen MR) is 104 cm³/mol. The summed E-state index contributed by atoms with van der Waals surface area (Å²) >= 11 is 0. The standard InChI is InChI=1S/C21H23NO5/c1-11-6-7-12(2)19-18(11)14(10-17(23)24)20(22-19)13-8-15(25-3)21(27-5)16(9-13)26-4/h6-9,22H,10H2,1-5H3,(H,23,24). The summed E-state index contributed by atoms with van der Waals surface area (Å²) in [7, 11) is 4.66.